The molecule has 2 aliphatic rings. The molecule has 1 atom stereocenters. The lowest BCUT2D eigenvalue weighted by molar-refractivity contribution is 0.0857. The van der Waals surface area contributed by atoms with Gasteiger partial charge in [-0.25, -0.2) is 0 Å². The van der Waals surface area contributed by atoms with Crippen LogP contribution in [0.25, 0.3) is 0 Å². The monoisotopic (exact) mass is 369 g/mol. The van der Waals surface area contributed by atoms with E-state index >= 15 is 0 Å². The maximum atomic E-state index is 12.5. The van der Waals surface area contributed by atoms with Gasteiger partial charge in [-0.15, -0.1) is 0 Å². The lowest BCUT2D eigenvalue weighted by atomic mass is 10.1. The van der Waals surface area contributed by atoms with Crippen molar-refractivity contribution in [2.75, 3.05) is 25.3 Å². The highest BCUT2D eigenvalue weighted by molar-refractivity contribution is 6.06. The zero-order valence-corrected chi connectivity index (χ0v) is 14.6. The molecule has 0 aliphatic carbocycles. The molecule has 27 heavy (non-hydrogen) atoms. The van der Waals surface area contributed by atoms with Gasteiger partial charge in [-0.05, 0) is 31.0 Å². The third-order valence-electron chi connectivity index (χ3n) is 4.41. The first-order chi connectivity index (χ1) is 13.2. The number of nitrogens with zero attached hydrogens (tertiary/aromatic N) is 1. The van der Waals surface area contributed by atoms with Crippen LogP contribution in [0.4, 0.5) is 5.69 Å². The van der Waals surface area contributed by atoms with Gasteiger partial charge in [0, 0.05) is 37.3 Å². The van der Waals surface area contributed by atoms with Crippen LogP contribution in [-0.4, -0.2) is 42.8 Å². The van der Waals surface area contributed by atoms with Crippen LogP contribution in [0.1, 0.15) is 33.6 Å². The highest BCUT2D eigenvalue weighted by atomic mass is 16.7. The summed E-state index contributed by atoms with van der Waals surface area (Å²) in [5, 5.41) is 5.58. The number of hydrogen-bond donors (Lipinski definition) is 2. The number of fused-ring (bicyclic) bond motifs is 1. The summed E-state index contributed by atoms with van der Waals surface area (Å²) in [5.41, 5.74) is 1.18. The summed E-state index contributed by atoms with van der Waals surface area (Å²) in [6.45, 7) is 1.35. The van der Waals surface area contributed by atoms with E-state index < -0.39 is 0 Å². The van der Waals surface area contributed by atoms with E-state index in [-0.39, 0.29) is 30.3 Å². The smallest absolute Gasteiger partial charge is 0.257 e. The van der Waals surface area contributed by atoms with Gasteiger partial charge in [0.1, 0.15) is 0 Å². The van der Waals surface area contributed by atoms with E-state index in [0.717, 1.165) is 19.4 Å². The van der Waals surface area contributed by atoms with E-state index in [1.54, 1.807) is 18.2 Å². The standard InChI is InChI=1S/C19H19N3O5/c23-18(21-10-15-2-1-5-25-15)12-6-13(9-20-8-12)19(24)22-14-3-4-16-17(7-14)27-11-26-16/h3-4,6-9,15H,1-2,5,10-11H2,(H,21,23)(H,22,24). The van der Waals surface area contributed by atoms with Crippen molar-refractivity contribution in [3.05, 3.63) is 47.8 Å². The molecule has 0 saturated carbocycles. The van der Waals surface area contributed by atoms with Crippen LogP contribution < -0.4 is 20.1 Å². The number of hydrogen-bond acceptors (Lipinski definition) is 6. The molecule has 0 bridgehead atoms. The lowest BCUT2D eigenvalue weighted by Crippen LogP contribution is -2.32. The Hall–Kier alpha value is -3.13. The first kappa shape index (κ1) is 17.3. The van der Waals surface area contributed by atoms with Gasteiger partial charge in [0.25, 0.3) is 11.8 Å². The SMILES string of the molecule is O=C(NCC1CCCO1)c1cncc(C(=O)Nc2ccc3c(c2)OCO3)c1. The third-order valence-corrected chi connectivity index (χ3v) is 4.41. The van der Waals surface area contributed by atoms with E-state index in [9.17, 15) is 9.59 Å². The topological polar surface area (TPSA) is 98.8 Å². The molecule has 4 rings (SSSR count). The Morgan fingerprint density at radius 3 is 2.70 bits per heavy atom. The highest BCUT2D eigenvalue weighted by Crippen LogP contribution is 2.34. The second kappa shape index (κ2) is 7.63. The van der Waals surface area contributed by atoms with Gasteiger partial charge in [0.15, 0.2) is 11.5 Å². The van der Waals surface area contributed by atoms with E-state index in [4.69, 9.17) is 14.2 Å². The maximum absolute atomic E-state index is 12.5. The molecule has 8 heteroatoms. The third kappa shape index (κ3) is 4.01. The Morgan fingerprint density at radius 2 is 1.89 bits per heavy atom. The van der Waals surface area contributed by atoms with Gasteiger partial charge >= 0.3 is 0 Å². The van der Waals surface area contributed by atoms with Crippen molar-refractivity contribution < 1.29 is 23.8 Å². The first-order valence-electron chi connectivity index (χ1n) is 8.75. The van der Waals surface area contributed by atoms with Crippen LogP contribution >= 0.6 is 0 Å². The number of ether oxygens (including phenoxy) is 3. The number of rotatable bonds is 5. The van der Waals surface area contributed by atoms with E-state index in [2.05, 4.69) is 15.6 Å². The van der Waals surface area contributed by atoms with Crippen molar-refractivity contribution in [1.29, 1.82) is 0 Å². The van der Waals surface area contributed by atoms with Crippen molar-refractivity contribution in [1.82, 2.24) is 10.3 Å². The summed E-state index contributed by atoms with van der Waals surface area (Å²) < 4.78 is 16.0. The predicted molar refractivity (Wildman–Crippen MR) is 96.1 cm³/mol. The van der Waals surface area contributed by atoms with Gasteiger partial charge in [0.2, 0.25) is 6.79 Å². The largest absolute Gasteiger partial charge is 0.454 e. The molecule has 2 aromatic rings. The van der Waals surface area contributed by atoms with Crippen LogP contribution in [-0.2, 0) is 4.74 Å². The molecule has 1 unspecified atom stereocenters. The molecular formula is C19H19N3O5. The number of amides is 2. The zero-order chi connectivity index (χ0) is 18.6. The Morgan fingerprint density at radius 1 is 1.07 bits per heavy atom. The van der Waals surface area contributed by atoms with E-state index in [1.807, 2.05) is 0 Å². The summed E-state index contributed by atoms with van der Waals surface area (Å²) >= 11 is 0. The van der Waals surface area contributed by atoms with Gasteiger partial charge < -0.3 is 24.8 Å². The summed E-state index contributed by atoms with van der Waals surface area (Å²) in [6.07, 6.45) is 4.86. The summed E-state index contributed by atoms with van der Waals surface area (Å²) in [6, 6.07) is 6.65. The minimum absolute atomic E-state index is 0.0550. The molecule has 1 fully saturated rings. The average Bonchev–Trinajstić information content (AvgIpc) is 3.37. The van der Waals surface area contributed by atoms with Crippen LogP contribution in [0.5, 0.6) is 11.5 Å². The summed E-state index contributed by atoms with van der Waals surface area (Å²) in [5.74, 6) is 0.568. The van der Waals surface area contributed by atoms with Crippen molar-refractivity contribution in [2.24, 2.45) is 0 Å². The van der Waals surface area contributed by atoms with E-state index in [0.29, 0.717) is 29.3 Å². The molecule has 8 nitrogen and oxygen atoms in total. The lowest BCUT2D eigenvalue weighted by Gasteiger charge is -2.11. The van der Waals surface area contributed by atoms with Crippen molar-refractivity contribution in [3.8, 4) is 11.5 Å². The summed E-state index contributed by atoms with van der Waals surface area (Å²) in [4.78, 5) is 28.8. The van der Waals surface area contributed by atoms with Gasteiger partial charge in [0.05, 0.1) is 17.2 Å². The minimum Gasteiger partial charge on any atom is -0.454 e. The van der Waals surface area contributed by atoms with Crippen LogP contribution in [0.3, 0.4) is 0 Å². The molecule has 3 heterocycles. The van der Waals surface area contributed by atoms with Crippen molar-refractivity contribution in [3.63, 3.8) is 0 Å². The number of pyridine rings is 1. The molecule has 0 radical (unpaired) electrons. The van der Waals surface area contributed by atoms with Crippen molar-refractivity contribution >= 4 is 17.5 Å². The quantitative estimate of drug-likeness (QED) is 0.836. The van der Waals surface area contributed by atoms with Gasteiger partial charge in [-0.3, -0.25) is 14.6 Å². The fraction of sp³-hybridized carbons (Fsp3) is 0.316. The molecule has 140 valence electrons. The normalized spacial score (nSPS) is 17.6. The molecule has 1 aromatic carbocycles. The number of benzene rings is 1. The number of anilines is 1. The Kier molecular flexibility index (Phi) is 4.88. The molecule has 1 aromatic heterocycles. The van der Waals surface area contributed by atoms with Crippen LogP contribution in [0.2, 0.25) is 0 Å². The van der Waals surface area contributed by atoms with Crippen LogP contribution in [0, 0.1) is 0 Å². The molecule has 2 amide bonds. The molecule has 0 spiro atoms. The molecular weight excluding hydrogens is 350 g/mol. The maximum Gasteiger partial charge on any atom is 0.257 e. The number of carbonyl (C=O) groups excluding carboxylic acids is 2. The molecule has 2 N–H and O–H groups in total. The fourth-order valence-electron chi connectivity index (χ4n) is 2.98. The first-order valence-corrected chi connectivity index (χ1v) is 8.75. The van der Waals surface area contributed by atoms with Crippen molar-refractivity contribution in [2.45, 2.75) is 18.9 Å². The minimum atomic E-state index is -0.366. The molecule has 1 saturated heterocycles. The second-order valence-corrected chi connectivity index (χ2v) is 6.33. The molecule has 2 aliphatic heterocycles. The van der Waals surface area contributed by atoms with Gasteiger partial charge in [-0.1, -0.05) is 0 Å². The number of carbonyl (C=O) groups is 2. The van der Waals surface area contributed by atoms with Gasteiger partial charge in [-0.2, -0.15) is 0 Å². The van der Waals surface area contributed by atoms with Crippen LogP contribution in [0.15, 0.2) is 36.7 Å². The fourth-order valence-corrected chi connectivity index (χ4v) is 2.98. The number of nitrogens with one attached hydrogen (secondary N) is 2. The second-order valence-electron chi connectivity index (χ2n) is 6.33. The Bertz CT molecular complexity index is 864. The zero-order valence-electron chi connectivity index (χ0n) is 14.6. The Balaban J connectivity index is 1.40. The highest BCUT2D eigenvalue weighted by Gasteiger charge is 2.18. The predicted octanol–water partition coefficient (Wildman–Crippen LogP) is 1.97. The summed E-state index contributed by atoms with van der Waals surface area (Å²) in [7, 11) is 0. The Labute approximate surface area is 155 Å². The van der Waals surface area contributed by atoms with E-state index in [1.165, 1.54) is 18.5 Å². The average molecular weight is 369 g/mol. The number of aromatic nitrogens is 1.